The van der Waals surface area contributed by atoms with Crippen molar-refractivity contribution in [3.63, 3.8) is 0 Å². The summed E-state index contributed by atoms with van der Waals surface area (Å²) in [5, 5.41) is 0. The zero-order valence-electron chi connectivity index (χ0n) is 15.5. The molecule has 0 bridgehead atoms. The van der Waals surface area contributed by atoms with Gasteiger partial charge in [-0.1, -0.05) is 18.2 Å². The van der Waals surface area contributed by atoms with E-state index in [1.165, 1.54) is 0 Å². The Labute approximate surface area is 150 Å². The molecular formula is C19H29N3O3. The van der Waals surface area contributed by atoms with Gasteiger partial charge in [0.1, 0.15) is 5.75 Å². The van der Waals surface area contributed by atoms with Crippen LogP contribution in [0.25, 0.3) is 0 Å². The summed E-state index contributed by atoms with van der Waals surface area (Å²) in [5.41, 5.74) is 1.05. The SMILES string of the molecule is CCN(CC)C(=O)N1CCN(C(=O)CCc2ccccc2OC)CC1. The van der Waals surface area contributed by atoms with Crippen molar-refractivity contribution in [1.82, 2.24) is 14.7 Å². The first-order valence-electron chi connectivity index (χ1n) is 9.04. The van der Waals surface area contributed by atoms with Gasteiger partial charge in [-0.25, -0.2) is 4.79 Å². The van der Waals surface area contributed by atoms with Crippen molar-refractivity contribution in [3.8, 4) is 5.75 Å². The minimum atomic E-state index is 0.0751. The van der Waals surface area contributed by atoms with Gasteiger partial charge in [0.15, 0.2) is 0 Å². The number of nitrogens with zero attached hydrogens (tertiary/aromatic N) is 3. The van der Waals surface area contributed by atoms with Crippen molar-refractivity contribution in [1.29, 1.82) is 0 Å². The molecule has 1 heterocycles. The van der Waals surface area contributed by atoms with Crippen LogP contribution in [0.5, 0.6) is 5.75 Å². The number of aryl methyl sites for hydroxylation is 1. The molecule has 6 heteroatoms. The number of carbonyl (C=O) groups excluding carboxylic acids is 2. The largest absolute Gasteiger partial charge is 0.496 e. The zero-order chi connectivity index (χ0) is 18.2. The van der Waals surface area contributed by atoms with Gasteiger partial charge >= 0.3 is 6.03 Å². The van der Waals surface area contributed by atoms with E-state index in [4.69, 9.17) is 4.74 Å². The molecule has 0 radical (unpaired) electrons. The molecule has 25 heavy (non-hydrogen) atoms. The first-order chi connectivity index (χ1) is 12.1. The molecule has 0 saturated carbocycles. The van der Waals surface area contributed by atoms with E-state index in [0.717, 1.165) is 11.3 Å². The number of benzene rings is 1. The zero-order valence-corrected chi connectivity index (χ0v) is 15.5. The van der Waals surface area contributed by atoms with Gasteiger partial charge in [-0.2, -0.15) is 0 Å². The molecule has 1 saturated heterocycles. The van der Waals surface area contributed by atoms with Crippen LogP contribution in [0.2, 0.25) is 0 Å². The molecule has 0 N–H and O–H groups in total. The van der Waals surface area contributed by atoms with Gasteiger partial charge in [-0.3, -0.25) is 4.79 Å². The summed E-state index contributed by atoms with van der Waals surface area (Å²) in [6.45, 7) is 7.83. The number of rotatable bonds is 6. The summed E-state index contributed by atoms with van der Waals surface area (Å²) in [6.07, 6.45) is 1.13. The lowest BCUT2D eigenvalue weighted by Gasteiger charge is -2.37. The molecule has 0 atom stereocenters. The van der Waals surface area contributed by atoms with Gasteiger partial charge in [0, 0.05) is 45.7 Å². The molecular weight excluding hydrogens is 318 g/mol. The Balaban J connectivity index is 1.82. The van der Waals surface area contributed by atoms with Crippen molar-refractivity contribution in [2.24, 2.45) is 0 Å². The van der Waals surface area contributed by atoms with Crippen LogP contribution in [0.4, 0.5) is 4.79 Å². The van der Waals surface area contributed by atoms with E-state index < -0.39 is 0 Å². The summed E-state index contributed by atoms with van der Waals surface area (Å²) in [5.74, 6) is 0.964. The molecule has 0 aliphatic carbocycles. The average molecular weight is 347 g/mol. The van der Waals surface area contributed by atoms with Crippen molar-refractivity contribution >= 4 is 11.9 Å². The lowest BCUT2D eigenvalue weighted by atomic mass is 10.1. The predicted octanol–water partition coefficient (Wildman–Crippen LogP) is 2.23. The van der Waals surface area contributed by atoms with E-state index in [0.29, 0.717) is 52.1 Å². The van der Waals surface area contributed by atoms with Gasteiger partial charge < -0.3 is 19.4 Å². The van der Waals surface area contributed by atoms with Crippen LogP contribution < -0.4 is 4.74 Å². The van der Waals surface area contributed by atoms with Crippen LogP contribution in [0.1, 0.15) is 25.8 Å². The smallest absolute Gasteiger partial charge is 0.320 e. The van der Waals surface area contributed by atoms with Crippen LogP contribution in [-0.4, -0.2) is 73.0 Å². The third-order valence-corrected chi connectivity index (χ3v) is 4.74. The fourth-order valence-electron chi connectivity index (χ4n) is 3.15. The number of amides is 3. The van der Waals surface area contributed by atoms with Crippen molar-refractivity contribution < 1.29 is 14.3 Å². The van der Waals surface area contributed by atoms with E-state index in [-0.39, 0.29) is 11.9 Å². The summed E-state index contributed by atoms with van der Waals surface area (Å²) in [7, 11) is 1.65. The second-order valence-electron chi connectivity index (χ2n) is 6.13. The van der Waals surface area contributed by atoms with Crippen LogP contribution in [0.3, 0.4) is 0 Å². The number of ether oxygens (including phenoxy) is 1. The van der Waals surface area contributed by atoms with Crippen LogP contribution in [-0.2, 0) is 11.2 Å². The highest BCUT2D eigenvalue weighted by molar-refractivity contribution is 5.78. The predicted molar refractivity (Wildman–Crippen MR) is 97.8 cm³/mol. The van der Waals surface area contributed by atoms with Crippen LogP contribution >= 0.6 is 0 Å². The van der Waals surface area contributed by atoms with Crippen LogP contribution in [0, 0.1) is 0 Å². The molecule has 3 amide bonds. The normalized spacial score (nSPS) is 14.4. The first kappa shape index (κ1) is 19.1. The molecule has 138 valence electrons. The minimum Gasteiger partial charge on any atom is -0.496 e. The highest BCUT2D eigenvalue weighted by Gasteiger charge is 2.26. The number of methoxy groups -OCH3 is 1. The lowest BCUT2D eigenvalue weighted by molar-refractivity contribution is -0.132. The molecule has 1 aromatic carbocycles. The van der Waals surface area contributed by atoms with Crippen molar-refractivity contribution in [2.45, 2.75) is 26.7 Å². The van der Waals surface area contributed by atoms with E-state index in [1.54, 1.807) is 7.11 Å². The maximum absolute atomic E-state index is 12.5. The summed E-state index contributed by atoms with van der Waals surface area (Å²) >= 11 is 0. The quantitative estimate of drug-likeness (QED) is 0.793. The first-order valence-corrected chi connectivity index (χ1v) is 9.04. The van der Waals surface area contributed by atoms with E-state index in [9.17, 15) is 9.59 Å². The lowest BCUT2D eigenvalue weighted by Crippen LogP contribution is -2.54. The maximum Gasteiger partial charge on any atom is 0.320 e. The number of hydrogen-bond acceptors (Lipinski definition) is 3. The number of hydrogen-bond donors (Lipinski definition) is 0. The molecule has 1 aliphatic heterocycles. The molecule has 1 fully saturated rings. The van der Waals surface area contributed by atoms with Gasteiger partial charge in [-0.15, -0.1) is 0 Å². The van der Waals surface area contributed by atoms with Gasteiger partial charge in [0.2, 0.25) is 5.91 Å². The van der Waals surface area contributed by atoms with Gasteiger partial charge in [-0.05, 0) is 31.9 Å². The fourth-order valence-corrected chi connectivity index (χ4v) is 3.15. The topological polar surface area (TPSA) is 53.1 Å². The van der Waals surface area contributed by atoms with Crippen LogP contribution in [0.15, 0.2) is 24.3 Å². The Hall–Kier alpha value is -2.24. The molecule has 2 rings (SSSR count). The molecule has 6 nitrogen and oxygen atoms in total. The molecule has 0 unspecified atom stereocenters. The second-order valence-corrected chi connectivity index (χ2v) is 6.13. The highest BCUT2D eigenvalue weighted by atomic mass is 16.5. The monoisotopic (exact) mass is 347 g/mol. The van der Waals surface area contributed by atoms with E-state index in [2.05, 4.69) is 0 Å². The minimum absolute atomic E-state index is 0.0751. The third kappa shape index (κ3) is 4.87. The standard InChI is InChI=1S/C19H29N3O3/c1-4-20(5-2)19(24)22-14-12-21(13-15-22)18(23)11-10-16-8-6-7-9-17(16)25-3/h6-9H,4-5,10-15H2,1-3H3. The van der Waals surface area contributed by atoms with Gasteiger partial charge in [0.25, 0.3) is 0 Å². The Bertz CT molecular complexity index is 579. The number of carbonyl (C=O) groups is 2. The Morgan fingerprint density at radius 3 is 2.24 bits per heavy atom. The number of urea groups is 1. The molecule has 1 aliphatic rings. The number of para-hydroxylation sites is 1. The maximum atomic E-state index is 12.5. The van der Waals surface area contributed by atoms with Crippen molar-refractivity contribution in [2.75, 3.05) is 46.4 Å². The fraction of sp³-hybridized carbons (Fsp3) is 0.579. The summed E-state index contributed by atoms with van der Waals surface area (Å²) in [6, 6.07) is 7.87. The van der Waals surface area contributed by atoms with E-state index >= 15 is 0 Å². The molecule has 1 aromatic rings. The third-order valence-electron chi connectivity index (χ3n) is 4.74. The Morgan fingerprint density at radius 2 is 1.64 bits per heavy atom. The number of piperazine rings is 1. The Morgan fingerprint density at radius 1 is 1.04 bits per heavy atom. The van der Waals surface area contributed by atoms with E-state index in [1.807, 2.05) is 52.8 Å². The summed E-state index contributed by atoms with van der Waals surface area (Å²) < 4.78 is 5.33. The summed E-state index contributed by atoms with van der Waals surface area (Å²) in [4.78, 5) is 30.3. The Kier molecular flexibility index (Phi) is 7.10. The second kappa shape index (κ2) is 9.30. The molecule has 0 spiro atoms. The highest BCUT2D eigenvalue weighted by Crippen LogP contribution is 2.19. The van der Waals surface area contributed by atoms with Gasteiger partial charge in [0.05, 0.1) is 7.11 Å². The van der Waals surface area contributed by atoms with Crippen molar-refractivity contribution in [3.05, 3.63) is 29.8 Å². The average Bonchev–Trinajstić information content (AvgIpc) is 2.67. The molecule has 0 aromatic heterocycles.